The Morgan fingerprint density at radius 1 is 1.60 bits per heavy atom. The lowest BCUT2D eigenvalue weighted by molar-refractivity contribution is 0.237. The van der Waals surface area contributed by atoms with Gasteiger partial charge in [0, 0.05) is 19.3 Å². The van der Waals surface area contributed by atoms with Crippen molar-refractivity contribution in [3.8, 4) is 0 Å². The molecule has 0 aromatic carbocycles. The van der Waals surface area contributed by atoms with Crippen molar-refractivity contribution in [1.29, 1.82) is 0 Å². The Morgan fingerprint density at radius 3 is 3.00 bits per heavy atom. The topological polar surface area (TPSA) is 101 Å². The Labute approximate surface area is 119 Å². The predicted octanol–water partition coefficient (Wildman–Crippen LogP) is 0.0427. The molecule has 1 saturated heterocycles. The lowest BCUT2D eigenvalue weighted by Gasteiger charge is -2.32. The Morgan fingerprint density at radius 2 is 2.40 bits per heavy atom. The van der Waals surface area contributed by atoms with Crippen molar-refractivity contribution in [2.45, 2.75) is 25.3 Å². The van der Waals surface area contributed by atoms with Gasteiger partial charge in [-0.2, -0.15) is 0 Å². The highest BCUT2D eigenvalue weighted by Gasteiger charge is 2.28. The SMILES string of the molecule is CS(=O)(=O)N1CCCC(CC(NN)c2ccncn2)C1. The summed E-state index contributed by atoms with van der Waals surface area (Å²) in [7, 11) is -3.11. The van der Waals surface area contributed by atoms with Gasteiger partial charge < -0.3 is 0 Å². The van der Waals surface area contributed by atoms with Gasteiger partial charge in [0.1, 0.15) is 6.33 Å². The highest BCUT2D eigenvalue weighted by molar-refractivity contribution is 7.88. The van der Waals surface area contributed by atoms with E-state index in [9.17, 15) is 8.42 Å². The molecule has 2 unspecified atom stereocenters. The maximum atomic E-state index is 11.6. The summed E-state index contributed by atoms with van der Waals surface area (Å²) in [4.78, 5) is 8.08. The van der Waals surface area contributed by atoms with Crippen molar-refractivity contribution in [2.24, 2.45) is 11.8 Å². The van der Waals surface area contributed by atoms with E-state index in [4.69, 9.17) is 5.84 Å². The third kappa shape index (κ3) is 3.95. The van der Waals surface area contributed by atoms with Crippen LogP contribution in [0.15, 0.2) is 18.6 Å². The molecule has 7 nitrogen and oxygen atoms in total. The number of nitrogens with zero attached hydrogens (tertiary/aromatic N) is 3. The van der Waals surface area contributed by atoms with E-state index < -0.39 is 10.0 Å². The molecule has 1 aliphatic rings. The molecule has 112 valence electrons. The minimum absolute atomic E-state index is 0.0810. The fraction of sp³-hybridized carbons (Fsp3) is 0.667. The van der Waals surface area contributed by atoms with Gasteiger partial charge in [0.05, 0.1) is 18.0 Å². The fourth-order valence-corrected chi connectivity index (χ4v) is 3.58. The van der Waals surface area contributed by atoms with Crippen LogP contribution in [0.4, 0.5) is 0 Å². The largest absolute Gasteiger partial charge is 0.271 e. The Bertz CT molecular complexity index is 522. The molecule has 1 aliphatic heterocycles. The van der Waals surface area contributed by atoms with Gasteiger partial charge in [0.2, 0.25) is 10.0 Å². The summed E-state index contributed by atoms with van der Waals surface area (Å²) in [5.74, 6) is 5.89. The van der Waals surface area contributed by atoms with Gasteiger partial charge in [-0.15, -0.1) is 0 Å². The highest BCUT2D eigenvalue weighted by Crippen LogP contribution is 2.27. The Hall–Kier alpha value is -1.09. The Kier molecular flexibility index (Phi) is 5.03. The second-order valence-corrected chi connectivity index (χ2v) is 7.20. The maximum absolute atomic E-state index is 11.6. The number of hydrogen-bond acceptors (Lipinski definition) is 6. The van der Waals surface area contributed by atoms with Gasteiger partial charge in [-0.25, -0.2) is 22.7 Å². The van der Waals surface area contributed by atoms with Crippen LogP contribution in [0.25, 0.3) is 0 Å². The van der Waals surface area contributed by atoms with Crippen molar-refractivity contribution in [3.63, 3.8) is 0 Å². The first-order valence-electron chi connectivity index (χ1n) is 6.68. The number of sulfonamides is 1. The number of hydrazine groups is 1. The summed E-state index contributed by atoms with van der Waals surface area (Å²) < 4.78 is 24.8. The molecule has 0 amide bonds. The number of nitrogens with one attached hydrogen (secondary N) is 1. The number of piperidine rings is 1. The summed E-state index contributed by atoms with van der Waals surface area (Å²) in [5, 5.41) is 0. The smallest absolute Gasteiger partial charge is 0.211 e. The molecule has 0 spiro atoms. The van der Waals surface area contributed by atoms with Gasteiger partial charge in [0.15, 0.2) is 0 Å². The molecule has 8 heteroatoms. The molecule has 2 atom stereocenters. The quantitative estimate of drug-likeness (QED) is 0.588. The van der Waals surface area contributed by atoms with Crippen molar-refractivity contribution < 1.29 is 8.42 Å². The molecule has 0 bridgehead atoms. The lowest BCUT2D eigenvalue weighted by atomic mass is 9.91. The zero-order valence-corrected chi connectivity index (χ0v) is 12.4. The molecule has 0 aliphatic carbocycles. The van der Waals surface area contributed by atoms with Crippen LogP contribution in [0.5, 0.6) is 0 Å². The highest BCUT2D eigenvalue weighted by atomic mass is 32.2. The minimum atomic E-state index is -3.11. The van der Waals surface area contributed by atoms with Gasteiger partial charge in [-0.3, -0.25) is 11.3 Å². The van der Waals surface area contributed by atoms with Crippen molar-refractivity contribution >= 4 is 10.0 Å². The molecule has 20 heavy (non-hydrogen) atoms. The van der Waals surface area contributed by atoms with Crippen LogP contribution in [0.3, 0.4) is 0 Å². The average Bonchev–Trinajstić information content (AvgIpc) is 2.45. The molecule has 1 aromatic rings. The summed E-state index contributed by atoms with van der Waals surface area (Å²) in [6.07, 6.45) is 7.09. The van der Waals surface area contributed by atoms with Gasteiger partial charge in [-0.05, 0) is 31.2 Å². The van der Waals surface area contributed by atoms with Gasteiger partial charge in [0.25, 0.3) is 0 Å². The Balaban J connectivity index is 2.01. The normalized spacial score (nSPS) is 22.6. The molecular formula is C12H21N5O2S. The first-order chi connectivity index (χ1) is 9.50. The predicted molar refractivity (Wildman–Crippen MR) is 75.9 cm³/mol. The van der Waals surface area contributed by atoms with Crippen LogP contribution in [0, 0.1) is 5.92 Å². The van der Waals surface area contributed by atoms with E-state index in [1.807, 2.05) is 6.07 Å². The molecule has 1 fully saturated rings. The molecule has 0 saturated carbocycles. The first kappa shape index (κ1) is 15.3. The number of aromatic nitrogens is 2. The zero-order chi connectivity index (χ0) is 14.6. The third-order valence-electron chi connectivity index (χ3n) is 3.68. The molecule has 2 rings (SSSR count). The van der Waals surface area contributed by atoms with Crippen LogP contribution < -0.4 is 11.3 Å². The first-order valence-corrected chi connectivity index (χ1v) is 8.52. The van der Waals surface area contributed by atoms with Gasteiger partial charge in [-0.1, -0.05) is 0 Å². The van der Waals surface area contributed by atoms with E-state index in [0.29, 0.717) is 13.1 Å². The average molecular weight is 299 g/mol. The number of rotatable bonds is 5. The van der Waals surface area contributed by atoms with E-state index in [2.05, 4.69) is 15.4 Å². The summed E-state index contributed by atoms with van der Waals surface area (Å²) in [6.45, 7) is 1.17. The van der Waals surface area contributed by atoms with E-state index in [1.54, 1.807) is 10.5 Å². The maximum Gasteiger partial charge on any atom is 0.211 e. The molecule has 0 radical (unpaired) electrons. The standard InChI is InChI=1S/C12H21N5O2S/c1-20(18,19)17-6-2-3-10(8-17)7-12(16-13)11-4-5-14-9-15-11/h4-5,9-10,12,16H,2-3,6-8,13H2,1H3. The summed E-state index contributed by atoms with van der Waals surface area (Å²) >= 11 is 0. The van der Waals surface area contributed by atoms with Gasteiger partial charge >= 0.3 is 0 Å². The van der Waals surface area contributed by atoms with Crippen molar-refractivity contribution in [3.05, 3.63) is 24.3 Å². The van der Waals surface area contributed by atoms with Crippen LogP contribution >= 0.6 is 0 Å². The van der Waals surface area contributed by atoms with E-state index >= 15 is 0 Å². The van der Waals surface area contributed by atoms with E-state index in [0.717, 1.165) is 25.0 Å². The summed E-state index contributed by atoms with van der Waals surface area (Å²) in [6, 6.07) is 1.74. The zero-order valence-electron chi connectivity index (χ0n) is 11.6. The van der Waals surface area contributed by atoms with E-state index in [1.165, 1.54) is 12.6 Å². The minimum Gasteiger partial charge on any atom is -0.271 e. The van der Waals surface area contributed by atoms with Crippen LogP contribution in [-0.4, -0.2) is 42.0 Å². The van der Waals surface area contributed by atoms with E-state index in [-0.39, 0.29) is 12.0 Å². The lowest BCUT2D eigenvalue weighted by Crippen LogP contribution is -2.41. The van der Waals surface area contributed by atoms with Crippen molar-refractivity contribution in [1.82, 2.24) is 19.7 Å². The molecular weight excluding hydrogens is 278 g/mol. The molecule has 3 N–H and O–H groups in total. The van der Waals surface area contributed by atoms with Crippen LogP contribution in [0.1, 0.15) is 31.0 Å². The second-order valence-electron chi connectivity index (χ2n) is 5.22. The molecule has 1 aromatic heterocycles. The van der Waals surface area contributed by atoms with Crippen LogP contribution in [-0.2, 0) is 10.0 Å². The van der Waals surface area contributed by atoms with Crippen molar-refractivity contribution in [2.75, 3.05) is 19.3 Å². The number of nitrogens with two attached hydrogens (primary N) is 1. The fourth-order valence-electron chi connectivity index (χ4n) is 2.64. The second kappa shape index (κ2) is 6.57. The number of hydrogen-bond donors (Lipinski definition) is 2. The molecule has 2 heterocycles. The monoisotopic (exact) mass is 299 g/mol. The summed E-state index contributed by atoms with van der Waals surface area (Å²) in [5.41, 5.74) is 3.59. The van der Waals surface area contributed by atoms with Crippen LogP contribution in [0.2, 0.25) is 0 Å². The third-order valence-corrected chi connectivity index (χ3v) is 4.95.